The molecule has 0 saturated carbocycles. The molecule has 0 spiro atoms. The summed E-state index contributed by atoms with van der Waals surface area (Å²) in [5.41, 5.74) is 0. The van der Waals surface area contributed by atoms with Gasteiger partial charge in [-0.2, -0.15) is 0 Å². The molecule has 0 bridgehead atoms. The zero-order valence-electron chi connectivity index (χ0n) is 11.4. The van der Waals surface area contributed by atoms with Crippen molar-refractivity contribution in [3.05, 3.63) is 0 Å². The van der Waals surface area contributed by atoms with E-state index < -0.39 is 17.9 Å². The van der Waals surface area contributed by atoms with Crippen LogP contribution < -0.4 is 10.6 Å². The number of hydrogen-bond donors (Lipinski definition) is 3. The minimum absolute atomic E-state index is 0.0834. The van der Waals surface area contributed by atoms with E-state index in [1.807, 2.05) is 0 Å². The van der Waals surface area contributed by atoms with Crippen molar-refractivity contribution in [2.75, 3.05) is 45.9 Å². The maximum Gasteiger partial charge on any atom is 0.309 e. The number of carbonyl (C=O) groups is 2. The summed E-state index contributed by atoms with van der Waals surface area (Å²) in [6.07, 6.45) is 0.146. The van der Waals surface area contributed by atoms with Gasteiger partial charge in [-0.15, -0.1) is 0 Å². The lowest BCUT2D eigenvalue weighted by Gasteiger charge is -2.26. The van der Waals surface area contributed by atoms with E-state index in [4.69, 9.17) is 9.84 Å². The Morgan fingerprint density at radius 3 is 2.53 bits per heavy atom. The summed E-state index contributed by atoms with van der Waals surface area (Å²) in [5, 5.41) is 13.9. The molecule has 0 unspecified atom stereocenters. The molecule has 1 fully saturated rings. The van der Waals surface area contributed by atoms with Crippen LogP contribution >= 0.6 is 0 Å². The lowest BCUT2D eigenvalue weighted by molar-refractivity contribution is -0.139. The van der Waals surface area contributed by atoms with E-state index in [1.165, 1.54) is 0 Å². The van der Waals surface area contributed by atoms with Crippen molar-refractivity contribution in [3.8, 4) is 0 Å². The molecule has 0 aliphatic carbocycles. The zero-order chi connectivity index (χ0) is 14.1. The predicted molar refractivity (Wildman–Crippen MR) is 69.6 cm³/mol. The molecule has 0 aromatic rings. The SMILES string of the molecule is C[C@H](O)CNC(=O)C(=O)NCCCN1CCOCC1. The second-order valence-corrected chi connectivity index (χ2v) is 4.62. The summed E-state index contributed by atoms with van der Waals surface area (Å²) in [5.74, 6) is -1.35. The van der Waals surface area contributed by atoms with Crippen LogP contribution in [0.5, 0.6) is 0 Å². The van der Waals surface area contributed by atoms with Crippen molar-refractivity contribution in [2.45, 2.75) is 19.4 Å². The number of hydrogen-bond acceptors (Lipinski definition) is 5. The van der Waals surface area contributed by atoms with Gasteiger partial charge in [0, 0.05) is 26.2 Å². The molecule has 0 radical (unpaired) electrons. The summed E-state index contributed by atoms with van der Waals surface area (Å²) in [7, 11) is 0. The van der Waals surface area contributed by atoms with Crippen molar-refractivity contribution in [3.63, 3.8) is 0 Å². The Morgan fingerprint density at radius 2 is 1.89 bits per heavy atom. The highest BCUT2D eigenvalue weighted by Crippen LogP contribution is 1.97. The van der Waals surface area contributed by atoms with Crippen molar-refractivity contribution in [1.29, 1.82) is 0 Å². The fourth-order valence-electron chi connectivity index (χ4n) is 1.73. The predicted octanol–water partition coefficient (Wildman–Crippen LogP) is -1.68. The molecular weight excluding hydrogens is 250 g/mol. The Labute approximate surface area is 113 Å². The van der Waals surface area contributed by atoms with Crippen molar-refractivity contribution in [2.24, 2.45) is 0 Å². The molecule has 1 rings (SSSR count). The number of aliphatic hydroxyl groups is 1. The summed E-state index contributed by atoms with van der Waals surface area (Å²) in [4.78, 5) is 24.9. The Morgan fingerprint density at radius 1 is 1.26 bits per heavy atom. The smallest absolute Gasteiger partial charge is 0.309 e. The lowest BCUT2D eigenvalue weighted by Crippen LogP contribution is -2.43. The highest BCUT2D eigenvalue weighted by atomic mass is 16.5. The van der Waals surface area contributed by atoms with Gasteiger partial charge in [-0.05, 0) is 19.9 Å². The standard InChI is InChI=1S/C12H23N3O4/c1-10(16)9-14-12(18)11(17)13-3-2-4-15-5-7-19-8-6-15/h10,16H,2-9H2,1H3,(H,13,17)(H,14,18)/t10-/m0/s1. The van der Waals surface area contributed by atoms with Crippen LogP contribution in [0.25, 0.3) is 0 Å². The number of aliphatic hydroxyl groups excluding tert-OH is 1. The maximum absolute atomic E-state index is 11.4. The van der Waals surface area contributed by atoms with Gasteiger partial charge in [0.1, 0.15) is 0 Å². The molecule has 1 heterocycles. The topological polar surface area (TPSA) is 90.9 Å². The number of nitrogens with zero attached hydrogens (tertiary/aromatic N) is 1. The average Bonchev–Trinajstić information content (AvgIpc) is 2.41. The molecule has 1 aliphatic heterocycles. The fraction of sp³-hybridized carbons (Fsp3) is 0.833. The Hall–Kier alpha value is -1.18. The Balaban J connectivity index is 2.04. The third-order valence-electron chi connectivity index (χ3n) is 2.80. The van der Waals surface area contributed by atoms with Crippen LogP contribution in [-0.4, -0.2) is 73.9 Å². The normalized spacial score (nSPS) is 17.8. The molecule has 1 saturated heterocycles. The lowest BCUT2D eigenvalue weighted by atomic mass is 10.3. The van der Waals surface area contributed by atoms with Gasteiger partial charge in [0.05, 0.1) is 19.3 Å². The molecule has 110 valence electrons. The first-order chi connectivity index (χ1) is 9.09. The summed E-state index contributed by atoms with van der Waals surface area (Å²) in [6.45, 7) is 6.34. The number of rotatable bonds is 6. The van der Waals surface area contributed by atoms with E-state index in [9.17, 15) is 9.59 Å². The van der Waals surface area contributed by atoms with E-state index in [0.29, 0.717) is 6.54 Å². The second-order valence-electron chi connectivity index (χ2n) is 4.62. The fourth-order valence-corrected chi connectivity index (χ4v) is 1.73. The van der Waals surface area contributed by atoms with Crippen LogP contribution in [0.2, 0.25) is 0 Å². The summed E-state index contributed by atoms with van der Waals surface area (Å²) >= 11 is 0. The molecule has 19 heavy (non-hydrogen) atoms. The first-order valence-corrected chi connectivity index (χ1v) is 6.64. The van der Waals surface area contributed by atoms with Gasteiger partial charge in [-0.25, -0.2) is 0 Å². The highest BCUT2D eigenvalue weighted by Gasteiger charge is 2.13. The minimum Gasteiger partial charge on any atom is -0.392 e. The number of nitrogens with one attached hydrogen (secondary N) is 2. The summed E-state index contributed by atoms with van der Waals surface area (Å²) < 4.78 is 5.24. The van der Waals surface area contributed by atoms with Gasteiger partial charge in [-0.3, -0.25) is 14.5 Å². The van der Waals surface area contributed by atoms with Crippen LogP contribution in [-0.2, 0) is 14.3 Å². The van der Waals surface area contributed by atoms with Gasteiger partial charge in [-0.1, -0.05) is 0 Å². The quantitative estimate of drug-likeness (QED) is 0.397. The van der Waals surface area contributed by atoms with Gasteiger partial charge < -0.3 is 20.5 Å². The van der Waals surface area contributed by atoms with Crippen molar-refractivity contribution in [1.82, 2.24) is 15.5 Å². The molecule has 7 nitrogen and oxygen atoms in total. The van der Waals surface area contributed by atoms with E-state index in [0.717, 1.165) is 39.3 Å². The average molecular weight is 273 g/mol. The molecular formula is C12H23N3O4. The van der Waals surface area contributed by atoms with Gasteiger partial charge >= 0.3 is 11.8 Å². The first-order valence-electron chi connectivity index (χ1n) is 6.64. The molecule has 7 heteroatoms. The number of amides is 2. The van der Waals surface area contributed by atoms with Gasteiger partial charge in [0.15, 0.2) is 0 Å². The molecule has 0 aromatic carbocycles. The van der Waals surface area contributed by atoms with Gasteiger partial charge in [0.2, 0.25) is 0 Å². The molecule has 0 aromatic heterocycles. The second kappa shape index (κ2) is 8.84. The van der Waals surface area contributed by atoms with Crippen LogP contribution in [0.15, 0.2) is 0 Å². The van der Waals surface area contributed by atoms with E-state index in [2.05, 4.69) is 15.5 Å². The summed E-state index contributed by atoms with van der Waals surface area (Å²) in [6, 6.07) is 0. The third-order valence-corrected chi connectivity index (χ3v) is 2.80. The molecule has 1 atom stereocenters. The molecule has 1 aliphatic rings. The largest absolute Gasteiger partial charge is 0.392 e. The van der Waals surface area contributed by atoms with Gasteiger partial charge in [0.25, 0.3) is 0 Å². The zero-order valence-corrected chi connectivity index (χ0v) is 11.4. The maximum atomic E-state index is 11.4. The van der Waals surface area contributed by atoms with Crippen LogP contribution in [0.1, 0.15) is 13.3 Å². The number of carbonyl (C=O) groups excluding carboxylic acids is 2. The molecule has 3 N–H and O–H groups in total. The Bertz CT molecular complexity index is 291. The van der Waals surface area contributed by atoms with Crippen LogP contribution in [0, 0.1) is 0 Å². The highest BCUT2D eigenvalue weighted by molar-refractivity contribution is 6.35. The van der Waals surface area contributed by atoms with E-state index in [-0.39, 0.29) is 6.54 Å². The van der Waals surface area contributed by atoms with Crippen LogP contribution in [0.3, 0.4) is 0 Å². The van der Waals surface area contributed by atoms with Crippen LogP contribution in [0.4, 0.5) is 0 Å². The number of morpholine rings is 1. The Kier molecular flexibility index (Phi) is 7.39. The number of ether oxygens (including phenoxy) is 1. The van der Waals surface area contributed by atoms with E-state index >= 15 is 0 Å². The third kappa shape index (κ3) is 7.09. The first kappa shape index (κ1) is 15.9. The van der Waals surface area contributed by atoms with E-state index in [1.54, 1.807) is 6.92 Å². The monoisotopic (exact) mass is 273 g/mol. The minimum atomic E-state index is -0.702. The van der Waals surface area contributed by atoms with Crippen molar-refractivity contribution >= 4 is 11.8 Å². The molecule has 2 amide bonds. The van der Waals surface area contributed by atoms with Crippen molar-refractivity contribution < 1.29 is 19.4 Å².